The van der Waals surface area contributed by atoms with Gasteiger partial charge in [-0.15, -0.1) is 0 Å². The van der Waals surface area contributed by atoms with E-state index in [-0.39, 0.29) is 5.75 Å². The average Bonchev–Trinajstić information content (AvgIpc) is 3.38. The van der Waals surface area contributed by atoms with Gasteiger partial charge in [0.1, 0.15) is 11.6 Å². The molecular weight excluding hydrogens is 484 g/mol. The molecule has 4 rings (SSSR count). The second-order valence-electron chi connectivity index (χ2n) is 9.62. The van der Waals surface area contributed by atoms with Crippen LogP contribution in [-0.2, 0) is 0 Å². The molecule has 1 aromatic carbocycles. The van der Waals surface area contributed by atoms with Crippen molar-refractivity contribution in [3.8, 4) is 17.0 Å². The fourth-order valence-electron chi connectivity index (χ4n) is 4.77. The molecule has 1 saturated heterocycles. The number of rotatable bonds is 9. The summed E-state index contributed by atoms with van der Waals surface area (Å²) in [5.74, 6) is 1.09. The molecule has 0 radical (unpaired) electrons. The molecule has 1 fully saturated rings. The number of anilines is 2. The van der Waals surface area contributed by atoms with E-state index in [4.69, 9.17) is 4.98 Å². The molecule has 1 aliphatic rings. The van der Waals surface area contributed by atoms with Crippen molar-refractivity contribution in [2.24, 2.45) is 0 Å². The van der Waals surface area contributed by atoms with Gasteiger partial charge in [-0.1, -0.05) is 62.4 Å². The van der Waals surface area contributed by atoms with Crippen LogP contribution in [0.15, 0.2) is 84.1 Å². The number of phenolic OH excluding ortho intramolecular Hbond substituents is 1. The van der Waals surface area contributed by atoms with Crippen molar-refractivity contribution in [1.29, 1.82) is 0 Å². The van der Waals surface area contributed by atoms with Crippen LogP contribution >= 0.6 is 0 Å². The predicted octanol–water partition coefficient (Wildman–Crippen LogP) is 7.07. The molecule has 3 heterocycles. The third-order valence-electron chi connectivity index (χ3n) is 6.84. The fourth-order valence-corrected chi connectivity index (χ4v) is 4.77. The van der Waals surface area contributed by atoms with Gasteiger partial charge in [0.2, 0.25) is 0 Å². The summed E-state index contributed by atoms with van der Waals surface area (Å²) in [7, 11) is 1.86. The number of likely N-dealkylation sites (tertiary alicyclic amines) is 1. The minimum absolute atomic E-state index is 0.211. The minimum atomic E-state index is 0.211. The summed E-state index contributed by atoms with van der Waals surface area (Å²) >= 11 is 0. The summed E-state index contributed by atoms with van der Waals surface area (Å²) in [5.41, 5.74) is 6.73. The maximum Gasteiger partial charge on any atom is 0.181 e. The van der Waals surface area contributed by atoms with E-state index in [1.165, 1.54) is 16.7 Å². The second-order valence-corrected chi connectivity index (χ2v) is 9.62. The molecule has 0 bridgehead atoms. The van der Waals surface area contributed by atoms with Gasteiger partial charge in [-0.3, -0.25) is 4.90 Å². The molecule has 3 N–H and O–H groups in total. The molecule has 7 heteroatoms. The van der Waals surface area contributed by atoms with Crippen molar-refractivity contribution >= 4 is 17.2 Å². The van der Waals surface area contributed by atoms with Crippen molar-refractivity contribution in [2.45, 2.75) is 53.5 Å². The molecule has 0 aliphatic carbocycles. The summed E-state index contributed by atoms with van der Waals surface area (Å²) in [6.07, 6.45) is 12.2. The molecule has 2 aromatic heterocycles. The highest BCUT2D eigenvalue weighted by molar-refractivity contribution is 5.76. The lowest BCUT2D eigenvalue weighted by Gasteiger charge is -2.33. The van der Waals surface area contributed by atoms with E-state index in [1.807, 2.05) is 62.7 Å². The molecular formula is C32H44N6O. The first-order valence-electron chi connectivity index (χ1n) is 13.9. The van der Waals surface area contributed by atoms with Crippen molar-refractivity contribution in [3.63, 3.8) is 0 Å². The lowest BCUT2D eigenvalue weighted by Crippen LogP contribution is -2.40. The Bertz CT molecular complexity index is 1340. The van der Waals surface area contributed by atoms with Crippen molar-refractivity contribution in [2.75, 3.05) is 37.3 Å². The summed E-state index contributed by atoms with van der Waals surface area (Å²) in [4.78, 5) is 7.32. The summed E-state index contributed by atoms with van der Waals surface area (Å²) in [5, 5.41) is 21.9. The lowest BCUT2D eigenvalue weighted by atomic mass is 10.0. The number of para-hydroxylation sites is 1. The SMILES string of the molecule is C=C/C(C)=C(\C=C/C)/C=C(\C)CN1CCC(Nc2cc(-c3ccccc3O)nc3c(NC)cnn23)CC1.CC. The van der Waals surface area contributed by atoms with Gasteiger partial charge in [0.15, 0.2) is 5.65 Å². The Morgan fingerprint density at radius 1 is 1.18 bits per heavy atom. The van der Waals surface area contributed by atoms with Crippen LogP contribution in [0.1, 0.15) is 47.5 Å². The summed E-state index contributed by atoms with van der Waals surface area (Å²) in [6.45, 7) is 17.3. The quantitative estimate of drug-likeness (QED) is 0.258. The van der Waals surface area contributed by atoms with Crippen LogP contribution in [0.5, 0.6) is 5.75 Å². The topological polar surface area (TPSA) is 77.7 Å². The highest BCUT2D eigenvalue weighted by atomic mass is 16.3. The number of allylic oxidation sites excluding steroid dienone is 6. The van der Waals surface area contributed by atoms with Gasteiger partial charge in [0.05, 0.1) is 17.6 Å². The summed E-state index contributed by atoms with van der Waals surface area (Å²) < 4.78 is 1.84. The number of aromatic hydroxyl groups is 1. The van der Waals surface area contributed by atoms with Gasteiger partial charge in [0.25, 0.3) is 0 Å². The molecule has 1 aliphatic heterocycles. The maximum atomic E-state index is 10.4. The van der Waals surface area contributed by atoms with Gasteiger partial charge < -0.3 is 15.7 Å². The number of phenols is 1. The Balaban J connectivity index is 0.00000205. The van der Waals surface area contributed by atoms with Gasteiger partial charge in [-0.25, -0.2) is 4.98 Å². The number of aromatic nitrogens is 3. The number of benzene rings is 1. The lowest BCUT2D eigenvalue weighted by molar-refractivity contribution is 0.235. The van der Waals surface area contributed by atoms with E-state index >= 15 is 0 Å². The molecule has 7 nitrogen and oxygen atoms in total. The third-order valence-corrected chi connectivity index (χ3v) is 6.84. The predicted molar refractivity (Wildman–Crippen MR) is 166 cm³/mol. The van der Waals surface area contributed by atoms with Gasteiger partial charge >= 0.3 is 0 Å². The van der Waals surface area contributed by atoms with E-state index in [0.717, 1.165) is 49.6 Å². The largest absolute Gasteiger partial charge is 0.507 e. The molecule has 3 aromatic rings. The van der Waals surface area contributed by atoms with E-state index < -0.39 is 0 Å². The van der Waals surface area contributed by atoms with E-state index in [1.54, 1.807) is 12.3 Å². The highest BCUT2D eigenvalue weighted by Crippen LogP contribution is 2.31. The van der Waals surface area contributed by atoms with E-state index in [0.29, 0.717) is 17.3 Å². The molecule has 208 valence electrons. The zero-order valence-corrected chi connectivity index (χ0v) is 24.3. The molecule has 39 heavy (non-hydrogen) atoms. The normalized spacial score (nSPS) is 15.6. The Morgan fingerprint density at radius 3 is 2.54 bits per heavy atom. The molecule has 0 spiro atoms. The van der Waals surface area contributed by atoms with Crippen molar-refractivity contribution < 1.29 is 5.11 Å². The summed E-state index contributed by atoms with van der Waals surface area (Å²) in [6, 6.07) is 9.60. The number of hydrogen-bond donors (Lipinski definition) is 3. The van der Waals surface area contributed by atoms with Crippen LogP contribution in [-0.4, -0.2) is 57.3 Å². The van der Waals surface area contributed by atoms with Crippen LogP contribution in [0.4, 0.5) is 11.5 Å². The standard InChI is InChI=1S/C30H38N6O.C2H6/c1-6-10-23(22(4)7-2)17-21(3)20-35-15-13-24(14-16-35)33-29-18-26(25-11-8-9-12-28(25)37)34-30-27(31-5)19-32-36(29)30;1-2/h6-12,17-19,24,31,33,37H,2,13-16,20H2,1,3-5H3;1-2H3/b10-6-,21-17+,23-22+;. The zero-order valence-electron chi connectivity index (χ0n) is 24.3. The zero-order chi connectivity index (χ0) is 28.4. The van der Waals surface area contributed by atoms with Crippen LogP contribution in [0.25, 0.3) is 16.9 Å². The minimum Gasteiger partial charge on any atom is -0.507 e. The maximum absolute atomic E-state index is 10.4. The smallest absolute Gasteiger partial charge is 0.181 e. The van der Waals surface area contributed by atoms with E-state index in [2.05, 4.69) is 59.3 Å². The Kier molecular flexibility index (Phi) is 10.9. The molecule has 0 amide bonds. The monoisotopic (exact) mass is 528 g/mol. The van der Waals surface area contributed by atoms with Crippen molar-refractivity contribution in [3.05, 3.63) is 84.1 Å². The first kappa shape index (κ1) is 29.7. The van der Waals surface area contributed by atoms with Crippen LogP contribution in [0.3, 0.4) is 0 Å². The molecule has 0 atom stereocenters. The number of nitrogens with zero attached hydrogens (tertiary/aromatic N) is 4. The number of fused-ring (bicyclic) bond motifs is 1. The van der Waals surface area contributed by atoms with Gasteiger partial charge in [0, 0.05) is 44.4 Å². The Morgan fingerprint density at radius 2 is 1.90 bits per heavy atom. The number of hydrogen-bond acceptors (Lipinski definition) is 6. The average molecular weight is 529 g/mol. The first-order valence-corrected chi connectivity index (χ1v) is 13.9. The number of piperidine rings is 1. The van der Waals surface area contributed by atoms with Crippen LogP contribution in [0.2, 0.25) is 0 Å². The first-order chi connectivity index (χ1) is 18.9. The van der Waals surface area contributed by atoms with E-state index in [9.17, 15) is 5.11 Å². The second kappa shape index (κ2) is 14.4. The van der Waals surface area contributed by atoms with Crippen molar-refractivity contribution in [1.82, 2.24) is 19.5 Å². The Hall–Kier alpha value is -3.84. The van der Waals surface area contributed by atoms with Gasteiger partial charge in [-0.05, 0) is 56.9 Å². The molecule has 0 unspecified atom stereocenters. The fraction of sp³-hybridized carbons (Fsp3) is 0.375. The van der Waals surface area contributed by atoms with Crippen LogP contribution < -0.4 is 10.6 Å². The van der Waals surface area contributed by atoms with Crippen LogP contribution in [0, 0.1) is 0 Å². The Labute approximate surface area is 233 Å². The third kappa shape index (κ3) is 7.39. The number of nitrogens with one attached hydrogen (secondary N) is 2. The molecule has 0 saturated carbocycles. The van der Waals surface area contributed by atoms with Gasteiger partial charge in [-0.2, -0.15) is 9.61 Å². The highest BCUT2D eigenvalue weighted by Gasteiger charge is 2.21.